The SMILES string of the molecule is CC(CCc1ccco1)NC(=O)[C@H](N)C(C)(C)C. The van der Waals surface area contributed by atoms with Crippen LogP contribution in [0.3, 0.4) is 0 Å². The highest BCUT2D eigenvalue weighted by Gasteiger charge is 2.27. The third-order valence-corrected chi connectivity index (χ3v) is 3.01. The second-order valence-corrected chi connectivity index (χ2v) is 5.87. The van der Waals surface area contributed by atoms with Gasteiger partial charge in [0.05, 0.1) is 12.3 Å². The molecule has 1 heterocycles. The van der Waals surface area contributed by atoms with Crippen molar-refractivity contribution in [2.75, 3.05) is 0 Å². The maximum Gasteiger partial charge on any atom is 0.237 e. The van der Waals surface area contributed by atoms with Crippen LogP contribution >= 0.6 is 0 Å². The van der Waals surface area contributed by atoms with E-state index in [0.717, 1.165) is 18.6 Å². The zero-order valence-corrected chi connectivity index (χ0v) is 11.7. The van der Waals surface area contributed by atoms with E-state index in [1.165, 1.54) is 0 Å². The van der Waals surface area contributed by atoms with Gasteiger partial charge in [-0.25, -0.2) is 0 Å². The lowest BCUT2D eigenvalue weighted by Crippen LogP contribution is -2.50. The van der Waals surface area contributed by atoms with Gasteiger partial charge in [-0.3, -0.25) is 4.79 Å². The zero-order chi connectivity index (χ0) is 13.8. The third-order valence-electron chi connectivity index (χ3n) is 3.01. The standard InChI is InChI=1S/C14H24N2O2/c1-10(7-8-11-6-5-9-18-11)16-13(17)12(15)14(2,3)4/h5-6,9-10,12H,7-8,15H2,1-4H3,(H,16,17)/t10?,12-/m0/s1. The molecule has 0 saturated heterocycles. The number of nitrogens with one attached hydrogen (secondary N) is 1. The third kappa shape index (κ3) is 4.53. The average molecular weight is 252 g/mol. The van der Waals surface area contributed by atoms with Crippen LogP contribution in [0.25, 0.3) is 0 Å². The summed E-state index contributed by atoms with van der Waals surface area (Å²) in [6, 6.07) is 3.42. The summed E-state index contributed by atoms with van der Waals surface area (Å²) in [4.78, 5) is 11.9. The Labute approximate surface area is 109 Å². The summed E-state index contributed by atoms with van der Waals surface area (Å²) in [6.45, 7) is 7.87. The van der Waals surface area contributed by atoms with Crippen molar-refractivity contribution in [3.05, 3.63) is 24.2 Å². The molecule has 0 bridgehead atoms. The number of carbonyl (C=O) groups excluding carboxylic acids is 1. The Morgan fingerprint density at radius 1 is 1.50 bits per heavy atom. The molecule has 0 aliphatic heterocycles. The predicted octanol–water partition coefficient (Wildman–Crippen LogP) is 2.09. The lowest BCUT2D eigenvalue weighted by Gasteiger charge is -2.27. The minimum atomic E-state index is -0.483. The molecule has 18 heavy (non-hydrogen) atoms. The molecule has 1 aromatic heterocycles. The van der Waals surface area contributed by atoms with Gasteiger partial charge in [0.2, 0.25) is 5.91 Å². The molecule has 2 atom stereocenters. The molecule has 4 nitrogen and oxygen atoms in total. The molecule has 4 heteroatoms. The Kier molecular flexibility index (Phi) is 4.96. The highest BCUT2D eigenvalue weighted by atomic mass is 16.3. The van der Waals surface area contributed by atoms with Crippen LogP contribution in [0.2, 0.25) is 0 Å². The second-order valence-electron chi connectivity index (χ2n) is 5.87. The maximum absolute atomic E-state index is 11.9. The first-order valence-electron chi connectivity index (χ1n) is 6.39. The van der Waals surface area contributed by atoms with Crippen LogP contribution in [0, 0.1) is 5.41 Å². The van der Waals surface area contributed by atoms with Gasteiger partial charge in [0, 0.05) is 12.5 Å². The molecule has 0 aliphatic rings. The Hall–Kier alpha value is -1.29. The summed E-state index contributed by atoms with van der Waals surface area (Å²) < 4.78 is 5.25. The minimum absolute atomic E-state index is 0.0885. The van der Waals surface area contributed by atoms with Gasteiger partial charge in [-0.15, -0.1) is 0 Å². The molecular formula is C14H24N2O2. The molecule has 102 valence electrons. The largest absolute Gasteiger partial charge is 0.469 e. The lowest BCUT2D eigenvalue weighted by atomic mass is 9.87. The van der Waals surface area contributed by atoms with Gasteiger partial charge in [-0.05, 0) is 30.9 Å². The van der Waals surface area contributed by atoms with Crippen molar-refractivity contribution >= 4 is 5.91 Å². The molecule has 0 spiro atoms. The van der Waals surface area contributed by atoms with Crippen LogP contribution in [0.15, 0.2) is 22.8 Å². The van der Waals surface area contributed by atoms with Gasteiger partial charge >= 0.3 is 0 Å². The van der Waals surface area contributed by atoms with Gasteiger partial charge in [-0.1, -0.05) is 20.8 Å². The molecule has 0 aliphatic carbocycles. The van der Waals surface area contributed by atoms with E-state index in [-0.39, 0.29) is 17.4 Å². The Morgan fingerprint density at radius 3 is 2.67 bits per heavy atom. The number of rotatable bonds is 5. The number of aryl methyl sites for hydroxylation is 1. The van der Waals surface area contributed by atoms with Crippen LogP contribution in [0.4, 0.5) is 0 Å². The number of carbonyl (C=O) groups is 1. The zero-order valence-electron chi connectivity index (χ0n) is 11.7. The van der Waals surface area contributed by atoms with Crippen LogP contribution in [0.5, 0.6) is 0 Å². The van der Waals surface area contributed by atoms with Gasteiger partial charge in [0.15, 0.2) is 0 Å². The van der Waals surface area contributed by atoms with Crippen molar-refractivity contribution in [3.8, 4) is 0 Å². The number of furan rings is 1. The van der Waals surface area contributed by atoms with Crippen molar-refractivity contribution in [1.82, 2.24) is 5.32 Å². The monoisotopic (exact) mass is 252 g/mol. The molecule has 1 amide bonds. The first-order valence-corrected chi connectivity index (χ1v) is 6.39. The summed E-state index contributed by atoms with van der Waals surface area (Å²) in [5, 5.41) is 2.94. The van der Waals surface area contributed by atoms with Crippen molar-refractivity contribution in [3.63, 3.8) is 0 Å². The summed E-state index contributed by atoms with van der Waals surface area (Å²) in [5.41, 5.74) is 5.69. The summed E-state index contributed by atoms with van der Waals surface area (Å²) in [5.74, 6) is 0.852. The molecule has 3 N–H and O–H groups in total. The summed E-state index contributed by atoms with van der Waals surface area (Å²) in [7, 11) is 0. The van der Waals surface area contributed by atoms with Gasteiger partial charge in [-0.2, -0.15) is 0 Å². The molecule has 1 rings (SSSR count). The number of hydrogen-bond acceptors (Lipinski definition) is 3. The fourth-order valence-electron chi connectivity index (χ4n) is 1.61. The average Bonchev–Trinajstić information content (AvgIpc) is 2.76. The molecule has 0 fully saturated rings. The molecule has 1 unspecified atom stereocenters. The van der Waals surface area contributed by atoms with Crippen molar-refractivity contribution in [2.45, 2.75) is 52.6 Å². The van der Waals surface area contributed by atoms with Gasteiger partial charge < -0.3 is 15.5 Å². The van der Waals surface area contributed by atoms with E-state index in [4.69, 9.17) is 10.2 Å². The minimum Gasteiger partial charge on any atom is -0.469 e. The lowest BCUT2D eigenvalue weighted by molar-refractivity contribution is -0.125. The van der Waals surface area contributed by atoms with Crippen molar-refractivity contribution in [2.24, 2.45) is 11.1 Å². The van der Waals surface area contributed by atoms with Gasteiger partial charge in [0.1, 0.15) is 5.76 Å². The second kappa shape index (κ2) is 6.05. The first-order chi connectivity index (χ1) is 8.30. The first kappa shape index (κ1) is 14.8. The van der Waals surface area contributed by atoms with Crippen LogP contribution in [-0.4, -0.2) is 18.0 Å². The van der Waals surface area contributed by atoms with Crippen molar-refractivity contribution < 1.29 is 9.21 Å². The van der Waals surface area contributed by atoms with E-state index in [0.29, 0.717) is 0 Å². The van der Waals surface area contributed by atoms with E-state index in [1.54, 1.807) is 6.26 Å². The smallest absolute Gasteiger partial charge is 0.237 e. The van der Waals surface area contributed by atoms with Crippen molar-refractivity contribution in [1.29, 1.82) is 0 Å². The Morgan fingerprint density at radius 2 is 2.17 bits per heavy atom. The highest BCUT2D eigenvalue weighted by molar-refractivity contribution is 5.82. The van der Waals surface area contributed by atoms with E-state index in [1.807, 2.05) is 39.8 Å². The summed E-state index contributed by atoms with van der Waals surface area (Å²) >= 11 is 0. The fraction of sp³-hybridized carbons (Fsp3) is 0.643. The number of amides is 1. The molecule has 0 saturated carbocycles. The van der Waals surface area contributed by atoms with E-state index in [2.05, 4.69) is 5.32 Å². The predicted molar refractivity (Wildman–Crippen MR) is 72.1 cm³/mol. The quantitative estimate of drug-likeness (QED) is 0.843. The topological polar surface area (TPSA) is 68.3 Å². The normalized spacial score (nSPS) is 15.2. The van der Waals surface area contributed by atoms with Crippen LogP contribution in [-0.2, 0) is 11.2 Å². The molecule has 0 radical (unpaired) electrons. The molecule has 1 aromatic rings. The van der Waals surface area contributed by atoms with Gasteiger partial charge in [0.25, 0.3) is 0 Å². The van der Waals surface area contributed by atoms with Crippen LogP contribution < -0.4 is 11.1 Å². The number of nitrogens with two attached hydrogens (primary N) is 1. The number of hydrogen-bond donors (Lipinski definition) is 2. The van der Waals surface area contributed by atoms with E-state index in [9.17, 15) is 4.79 Å². The highest BCUT2D eigenvalue weighted by Crippen LogP contribution is 2.17. The molecular weight excluding hydrogens is 228 g/mol. The Balaban J connectivity index is 2.36. The Bertz CT molecular complexity index is 366. The summed E-state index contributed by atoms with van der Waals surface area (Å²) in [6.07, 6.45) is 3.32. The fourth-order valence-corrected chi connectivity index (χ4v) is 1.61. The van der Waals surface area contributed by atoms with Crippen LogP contribution in [0.1, 0.15) is 39.9 Å². The molecule has 0 aromatic carbocycles. The van der Waals surface area contributed by atoms with E-state index < -0.39 is 6.04 Å². The van der Waals surface area contributed by atoms with E-state index >= 15 is 0 Å². The maximum atomic E-state index is 11.9.